The Morgan fingerprint density at radius 2 is 2.03 bits per heavy atom. The standard InChI is InChI=1S/C21H24N4O3S/c1-12-4-5-18(29-12)17-10-16(19-13(2)24-28-20(19)23-17)21(27)25-8-6-15(7-9-25)11-22-14(3)26/h4-5,10,15H,6-9,11H2,1-3H3,(H,22,26). The van der Waals surface area contributed by atoms with Gasteiger partial charge in [0, 0.05) is 31.4 Å². The van der Waals surface area contributed by atoms with Gasteiger partial charge in [0.25, 0.3) is 11.6 Å². The highest BCUT2D eigenvalue weighted by Gasteiger charge is 2.27. The van der Waals surface area contributed by atoms with Gasteiger partial charge in [0.1, 0.15) is 0 Å². The van der Waals surface area contributed by atoms with Gasteiger partial charge in [-0.3, -0.25) is 9.59 Å². The number of thiophene rings is 1. The number of nitrogens with one attached hydrogen (secondary N) is 1. The molecule has 0 radical (unpaired) electrons. The molecule has 29 heavy (non-hydrogen) atoms. The first-order valence-corrected chi connectivity index (χ1v) is 10.6. The second kappa shape index (κ2) is 7.94. The molecule has 1 saturated heterocycles. The number of pyridine rings is 1. The summed E-state index contributed by atoms with van der Waals surface area (Å²) in [6, 6.07) is 5.92. The molecule has 7 nitrogen and oxygen atoms in total. The van der Waals surface area contributed by atoms with Crippen molar-refractivity contribution in [3.05, 3.63) is 34.3 Å². The Labute approximate surface area is 173 Å². The van der Waals surface area contributed by atoms with Gasteiger partial charge in [-0.2, -0.15) is 0 Å². The second-order valence-corrected chi connectivity index (χ2v) is 8.87. The van der Waals surface area contributed by atoms with Crippen LogP contribution in [0.5, 0.6) is 0 Å². The van der Waals surface area contributed by atoms with E-state index in [1.165, 1.54) is 11.8 Å². The molecule has 8 heteroatoms. The van der Waals surface area contributed by atoms with Crippen molar-refractivity contribution in [1.29, 1.82) is 0 Å². The first-order valence-electron chi connectivity index (χ1n) is 9.80. The molecule has 1 fully saturated rings. The Morgan fingerprint density at radius 3 is 2.69 bits per heavy atom. The van der Waals surface area contributed by atoms with E-state index in [0.717, 1.165) is 23.4 Å². The molecule has 2 amide bonds. The minimum absolute atomic E-state index is 0.0121. The zero-order valence-corrected chi connectivity index (χ0v) is 17.6. The van der Waals surface area contributed by atoms with E-state index < -0.39 is 0 Å². The van der Waals surface area contributed by atoms with Crippen LogP contribution in [0.1, 0.15) is 40.7 Å². The Morgan fingerprint density at radius 1 is 1.28 bits per heavy atom. The molecule has 4 rings (SSSR count). The fourth-order valence-corrected chi connectivity index (χ4v) is 4.59. The van der Waals surface area contributed by atoms with Crippen LogP contribution in [0.4, 0.5) is 0 Å². The van der Waals surface area contributed by atoms with E-state index in [2.05, 4.69) is 15.5 Å². The predicted molar refractivity (Wildman–Crippen MR) is 112 cm³/mol. The molecule has 1 N–H and O–H groups in total. The number of likely N-dealkylation sites (tertiary alicyclic amines) is 1. The van der Waals surface area contributed by atoms with Gasteiger partial charge in [-0.25, -0.2) is 4.98 Å². The third-order valence-corrected chi connectivity index (χ3v) is 6.40. The van der Waals surface area contributed by atoms with E-state index in [-0.39, 0.29) is 11.8 Å². The molecule has 0 unspecified atom stereocenters. The Bertz CT molecular complexity index is 1060. The lowest BCUT2D eigenvalue weighted by molar-refractivity contribution is -0.119. The summed E-state index contributed by atoms with van der Waals surface area (Å²) in [6.45, 7) is 7.42. The lowest BCUT2D eigenvalue weighted by Gasteiger charge is -2.32. The van der Waals surface area contributed by atoms with E-state index in [4.69, 9.17) is 4.52 Å². The van der Waals surface area contributed by atoms with Crippen LogP contribution in [0.2, 0.25) is 0 Å². The fraction of sp³-hybridized carbons (Fsp3) is 0.429. The van der Waals surface area contributed by atoms with Gasteiger partial charge < -0.3 is 14.7 Å². The summed E-state index contributed by atoms with van der Waals surface area (Å²) in [7, 11) is 0. The fourth-order valence-electron chi connectivity index (χ4n) is 3.76. The number of piperidine rings is 1. The third-order valence-electron chi connectivity index (χ3n) is 5.38. The molecule has 0 atom stereocenters. The lowest BCUT2D eigenvalue weighted by atomic mass is 9.96. The van der Waals surface area contributed by atoms with Gasteiger partial charge in [-0.1, -0.05) is 5.16 Å². The van der Waals surface area contributed by atoms with Gasteiger partial charge in [0.05, 0.1) is 27.2 Å². The van der Waals surface area contributed by atoms with Crippen LogP contribution in [0.15, 0.2) is 22.7 Å². The zero-order valence-electron chi connectivity index (χ0n) is 16.8. The number of rotatable bonds is 4. The molecule has 0 spiro atoms. The number of fused-ring (bicyclic) bond motifs is 1. The number of aryl methyl sites for hydroxylation is 2. The van der Waals surface area contributed by atoms with E-state index in [1.807, 2.05) is 36.9 Å². The van der Waals surface area contributed by atoms with E-state index >= 15 is 0 Å². The van der Waals surface area contributed by atoms with Crippen molar-refractivity contribution in [3.8, 4) is 10.6 Å². The highest BCUT2D eigenvalue weighted by Crippen LogP contribution is 2.32. The molecule has 3 aromatic rings. The maximum atomic E-state index is 13.4. The topological polar surface area (TPSA) is 88.3 Å². The van der Waals surface area contributed by atoms with Crippen LogP contribution >= 0.6 is 11.3 Å². The van der Waals surface area contributed by atoms with Crippen molar-refractivity contribution < 1.29 is 14.1 Å². The summed E-state index contributed by atoms with van der Waals surface area (Å²) in [5, 5.41) is 7.60. The van der Waals surface area contributed by atoms with Crippen molar-refractivity contribution in [2.75, 3.05) is 19.6 Å². The second-order valence-electron chi connectivity index (χ2n) is 7.59. The van der Waals surface area contributed by atoms with Crippen molar-refractivity contribution >= 4 is 34.3 Å². The summed E-state index contributed by atoms with van der Waals surface area (Å²) >= 11 is 1.64. The maximum Gasteiger partial charge on any atom is 0.259 e. The predicted octanol–water partition coefficient (Wildman–Crippen LogP) is 3.56. The minimum Gasteiger partial charge on any atom is -0.356 e. The minimum atomic E-state index is -0.0174. The molecule has 0 aliphatic carbocycles. The van der Waals surface area contributed by atoms with Crippen LogP contribution in [0.25, 0.3) is 21.7 Å². The van der Waals surface area contributed by atoms with E-state index in [1.54, 1.807) is 11.3 Å². The number of carbonyl (C=O) groups excluding carboxylic acids is 2. The van der Waals surface area contributed by atoms with Gasteiger partial charge in [-0.15, -0.1) is 11.3 Å². The van der Waals surface area contributed by atoms with Gasteiger partial charge >= 0.3 is 0 Å². The van der Waals surface area contributed by atoms with Crippen LogP contribution in [0.3, 0.4) is 0 Å². The quantitative estimate of drug-likeness (QED) is 0.708. The summed E-state index contributed by atoms with van der Waals surface area (Å²) in [4.78, 5) is 33.2. The molecule has 152 valence electrons. The highest BCUT2D eigenvalue weighted by atomic mass is 32.1. The summed E-state index contributed by atoms with van der Waals surface area (Å²) in [5.41, 5.74) is 2.39. The number of carbonyl (C=O) groups is 2. The first-order chi connectivity index (χ1) is 13.9. The monoisotopic (exact) mass is 412 g/mol. The molecule has 0 bridgehead atoms. The summed E-state index contributed by atoms with van der Waals surface area (Å²) < 4.78 is 5.40. The van der Waals surface area contributed by atoms with Crippen molar-refractivity contribution in [2.45, 2.75) is 33.6 Å². The largest absolute Gasteiger partial charge is 0.356 e. The molecular weight excluding hydrogens is 388 g/mol. The molecule has 3 aromatic heterocycles. The Hall–Kier alpha value is -2.74. The van der Waals surface area contributed by atoms with Crippen LogP contribution in [-0.4, -0.2) is 46.5 Å². The molecule has 1 aliphatic rings. The van der Waals surface area contributed by atoms with E-state index in [0.29, 0.717) is 47.9 Å². The molecule has 0 saturated carbocycles. The van der Waals surface area contributed by atoms with Gasteiger partial charge in [0.2, 0.25) is 5.91 Å². The third kappa shape index (κ3) is 4.03. The van der Waals surface area contributed by atoms with Crippen molar-refractivity contribution in [1.82, 2.24) is 20.4 Å². The number of hydrogen-bond acceptors (Lipinski definition) is 6. The number of nitrogens with zero attached hydrogens (tertiary/aromatic N) is 3. The summed E-state index contributed by atoms with van der Waals surface area (Å²) in [6.07, 6.45) is 1.75. The first kappa shape index (κ1) is 19.6. The lowest BCUT2D eigenvalue weighted by Crippen LogP contribution is -2.41. The maximum absolute atomic E-state index is 13.4. The smallest absolute Gasteiger partial charge is 0.259 e. The SMILES string of the molecule is CC(=O)NCC1CCN(C(=O)c2cc(-c3ccc(C)s3)nc3onc(C)c23)CC1. The van der Waals surface area contributed by atoms with Gasteiger partial charge in [-0.05, 0) is 50.8 Å². The summed E-state index contributed by atoms with van der Waals surface area (Å²) in [5.74, 6) is 0.376. The number of hydrogen-bond donors (Lipinski definition) is 1. The zero-order chi connectivity index (χ0) is 20.5. The van der Waals surface area contributed by atoms with Crippen LogP contribution < -0.4 is 5.32 Å². The number of aromatic nitrogens is 2. The average Bonchev–Trinajstić information content (AvgIpc) is 3.31. The van der Waals surface area contributed by atoms with Gasteiger partial charge in [0.15, 0.2) is 0 Å². The molecule has 4 heterocycles. The Balaban J connectivity index is 1.60. The molecule has 1 aliphatic heterocycles. The van der Waals surface area contributed by atoms with Crippen molar-refractivity contribution in [2.24, 2.45) is 5.92 Å². The van der Waals surface area contributed by atoms with Crippen LogP contribution in [0, 0.1) is 19.8 Å². The average molecular weight is 413 g/mol. The van der Waals surface area contributed by atoms with Crippen LogP contribution in [-0.2, 0) is 4.79 Å². The van der Waals surface area contributed by atoms with Crippen molar-refractivity contribution in [3.63, 3.8) is 0 Å². The Kier molecular flexibility index (Phi) is 5.36. The normalized spacial score (nSPS) is 15.1. The number of amides is 2. The highest BCUT2D eigenvalue weighted by molar-refractivity contribution is 7.15. The molecular formula is C21H24N4O3S. The molecule has 0 aromatic carbocycles. The van der Waals surface area contributed by atoms with E-state index in [9.17, 15) is 9.59 Å².